The fourth-order valence-corrected chi connectivity index (χ4v) is 1.49. The van der Waals surface area contributed by atoms with Crippen LogP contribution < -0.4 is 0 Å². The van der Waals surface area contributed by atoms with Gasteiger partial charge in [0, 0.05) is 0 Å². The second-order valence-corrected chi connectivity index (χ2v) is 3.19. The third kappa shape index (κ3) is 2.35. The molecule has 0 aliphatic rings. The van der Waals surface area contributed by atoms with Crippen molar-refractivity contribution in [1.82, 2.24) is 0 Å². The Morgan fingerprint density at radius 3 is 2.80 bits per heavy atom. The molecular formula is C12H13NO2. The molecule has 3 nitrogen and oxygen atoms in total. The summed E-state index contributed by atoms with van der Waals surface area (Å²) in [5, 5.41) is 9.01. The van der Waals surface area contributed by atoms with Crippen LogP contribution in [0.2, 0.25) is 0 Å². The quantitative estimate of drug-likeness (QED) is 0.708. The first-order valence-corrected chi connectivity index (χ1v) is 4.84. The molecule has 0 spiro atoms. The van der Waals surface area contributed by atoms with Crippen molar-refractivity contribution in [2.45, 2.75) is 19.8 Å². The summed E-state index contributed by atoms with van der Waals surface area (Å²) in [6.45, 7) is 2.03. The number of hydrogen-bond donors (Lipinski definition) is 0. The van der Waals surface area contributed by atoms with Gasteiger partial charge in [-0.05, 0) is 18.1 Å². The van der Waals surface area contributed by atoms with E-state index in [1.807, 2.05) is 13.0 Å². The molecule has 0 aromatic heterocycles. The highest BCUT2D eigenvalue weighted by atomic mass is 16.5. The van der Waals surface area contributed by atoms with Crippen LogP contribution in [0.25, 0.3) is 0 Å². The van der Waals surface area contributed by atoms with E-state index in [4.69, 9.17) is 5.26 Å². The molecule has 78 valence electrons. The van der Waals surface area contributed by atoms with Crippen LogP contribution >= 0.6 is 0 Å². The number of methoxy groups -OCH3 is 1. The molecule has 3 heteroatoms. The first-order chi connectivity index (χ1) is 7.24. The first kappa shape index (κ1) is 11.3. The van der Waals surface area contributed by atoms with Crippen molar-refractivity contribution >= 4 is 5.97 Å². The average molecular weight is 203 g/mol. The van der Waals surface area contributed by atoms with Crippen LogP contribution in [0, 0.1) is 11.3 Å². The van der Waals surface area contributed by atoms with Gasteiger partial charge in [0.2, 0.25) is 0 Å². The zero-order chi connectivity index (χ0) is 11.3. The Morgan fingerprint density at radius 2 is 2.27 bits per heavy atom. The van der Waals surface area contributed by atoms with Crippen molar-refractivity contribution in [3.8, 4) is 6.07 Å². The standard InChI is InChI=1S/C12H13NO2/c1-3-5-9-6-4-7-10(11(9)8-13)12(14)15-2/h4,6-7H,3,5H2,1-2H3. The lowest BCUT2D eigenvalue weighted by Crippen LogP contribution is -2.06. The van der Waals surface area contributed by atoms with Crippen LogP contribution in [0.4, 0.5) is 0 Å². The van der Waals surface area contributed by atoms with Gasteiger partial charge in [-0.25, -0.2) is 4.79 Å². The van der Waals surface area contributed by atoms with E-state index in [9.17, 15) is 4.79 Å². The second-order valence-electron chi connectivity index (χ2n) is 3.19. The Bertz CT molecular complexity index is 405. The van der Waals surface area contributed by atoms with E-state index in [1.54, 1.807) is 12.1 Å². The summed E-state index contributed by atoms with van der Waals surface area (Å²) in [5.41, 5.74) is 1.69. The summed E-state index contributed by atoms with van der Waals surface area (Å²) in [6.07, 6.45) is 1.74. The second kappa shape index (κ2) is 5.16. The van der Waals surface area contributed by atoms with Gasteiger partial charge >= 0.3 is 5.97 Å². The summed E-state index contributed by atoms with van der Waals surface area (Å²) >= 11 is 0. The third-order valence-electron chi connectivity index (χ3n) is 2.19. The Balaban J connectivity index is 3.23. The van der Waals surface area contributed by atoms with Crippen molar-refractivity contribution in [2.24, 2.45) is 0 Å². The number of ether oxygens (including phenoxy) is 1. The Kier molecular flexibility index (Phi) is 3.87. The molecule has 0 fully saturated rings. The zero-order valence-corrected chi connectivity index (χ0v) is 8.91. The van der Waals surface area contributed by atoms with Gasteiger partial charge in [0.1, 0.15) is 6.07 Å². The van der Waals surface area contributed by atoms with Gasteiger partial charge in [0.05, 0.1) is 18.2 Å². The van der Waals surface area contributed by atoms with E-state index in [-0.39, 0.29) is 0 Å². The van der Waals surface area contributed by atoms with Gasteiger partial charge in [-0.2, -0.15) is 5.26 Å². The first-order valence-electron chi connectivity index (χ1n) is 4.84. The van der Waals surface area contributed by atoms with E-state index >= 15 is 0 Å². The van der Waals surface area contributed by atoms with E-state index in [0.717, 1.165) is 18.4 Å². The number of rotatable bonds is 3. The molecule has 0 unspecified atom stereocenters. The predicted molar refractivity (Wildman–Crippen MR) is 56.5 cm³/mol. The maximum atomic E-state index is 11.4. The summed E-state index contributed by atoms with van der Waals surface area (Å²) in [4.78, 5) is 11.4. The lowest BCUT2D eigenvalue weighted by atomic mass is 9.99. The Labute approximate surface area is 89.3 Å². The number of hydrogen-bond acceptors (Lipinski definition) is 3. The van der Waals surface area contributed by atoms with Crippen LogP contribution in [-0.2, 0) is 11.2 Å². The number of esters is 1. The van der Waals surface area contributed by atoms with Crippen molar-refractivity contribution in [3.63, 3.8) is 0 Å². The van der Waals surface area contributed by atoms with Crippen LogP contribution in [0.1, 0.15) is 34.8 Å². The normalized spacial score (nSPS) is 9.40. The molecule has 0 saturated heterocycles. The Morgan fingerprint density at radius 1 is 1.53 bits per heavy atom. The minimum Gasteiger partial charge on any atom is -0.465 e. The van der Waals surface area contributed by atoms with E-state index in [0.29, 0.717) is 11.1 Å². The summed E-state index contributed by atoms with van der Waals surface area (Å²) in [5.74, 6) is -0.454. The van der Waals surface area contributed by atoms with E-state index < -0.39 is 5.97 Å². The molecule has 0 heterocycles. The van der Waals surface area contributed by atoms with Crippen LogP contribution in [-0.4, -0.2) is 13.1 Å². The van der Waals surface area contributed by atoms with Crippen molar-refractivity contribution < 1.29 is 9.53 Å². The van der Waals surface area contributed by atoms with E-state index in [1.165, 1.54) is 7.11 Å². The van der Waals surface area contributed by atoms with Crippen LogP contribution in [0.15, 0.2) is 18.2 Å². The zero-order valence-electron chi connectivity index (χ0n) is 8.91. The molecule has 0 atom stereocenters. The molecule has 0 aliphatic heterocycles. The molecule has 1 aromatic rings. The van der Waals surface area contributed by atoms with Gasteiger partial charge < -0.3 is 4.74 Å². The van der Waals surface area contributed by atoms with Gasteiger partial charge in [0.15, 0.2) is 0 Å². The summed E-state index contributed by atoms with van der Waals surface area (Å²) < 4.78 is 4.62. The molecule has 1 rings (SSSR count). The smallest absolute Gasteiger partial charge is 0.339 e. The molecule has 0 saturated carbocycles. The van der Waals surface area contributed by atoms with Crippen LogP contribution in [0.5, 0.6) is 0 Å². The van der Waals surface area contributed by atoms with Crippen molar-refractivity contribution in [2.75, 3.05) is 7.11 Å². The number of carbonyl (C=O) groups excluding carboxylic acids is 1. The SMILES string of the molecule is CCCc1cccc(C(=O)OC)c1C#N. The van der Waals surface area contributed by atoms with Gasteiger partial charge in [-0.3, -0.25) is 0 Å². The molecule has 0 amide bonds. The lowest BCUT2D eigenvalue weighted by molar-refractivity contribution is 0.0600. The minimum atomic E-state index is -0.454. The molecule has 0 bridgehead atoms. The summed E-state index contributed by atoms with van der Waals surface area (Å²) in [6, 6.07) is 7.32. The molecule has 0 aliphatic carbocycles. The predicted octanol–water partition coefficient (Wildman–Crippen LogP) is 2.30. The number of benzene rings is 1. The highest BCUT2D eigenvalue weighted by Gasteiger charge is 2.14. The van der Waals surface area contributed by atoms with Gasteiger partial charge in [0.25, 0.3) is 0 Å². The summed E-state index contributed by atoms with van der Waals surface area (Å²) in [7, 11) is 1.32. The largest absolute Gasteiger partial charge is 0.465 e. The van der Waals surface area contributed by atoms with Gasteiger partial charge in [-0.1, -0.05) is 25.5 Å². The number of aryl methyl sites for hydroxylation is 1. The molecule has 15 heavy (non-hydrogen) atoms. The molecule has 1 aromatic carbocycles. The fourth-order valence-electron chi connectivity index (χ4n) is 1.49. The highest BCUT2D eigenvalue weighted by molar-refractivity contribution is 5.92. The molecular weight excluding hydrogens is 190 g/mol. The monoisotopic (exact) mass is 203 g/mol. The maximum absolute atomic E-state index is 11.4. The minimum absolute atomic E-state index is 0.353. The fraction of sp³-hybridized carbons (Fsp3) is 0.333. The number of nitrogens with zero attached hydrogens (tertiary/aromatic N) is 1. The molecule has 0 N–H and O–H groups in total. The lowest BCUT2D eigenvalue weighted by Gasteiger charge is -2.06. The molecule has 0 radical (unpaired) electrons. The third-order valence-corrected chi connectivity index (χ3v) is 2.19. The average Bonchev–Trinajstić information content (AvgIpc) is 2.28. The highest BCUT2D eigenvalue weighted by Crippen LogP contribution is 2.16. The van der Waals surface area contributed by atoms with E-state index in [2.05, 4.69) is 10.8 Å². The topological polar surface area (TPSA) is 50.1 Å². The number of carbonyl (C=O) groups is 1. The van der Waals surface area contributed by atoms with Gasteiger partial charge in [-0.15, -0.1) is 0 Å². The maximum Gasteiger partial charge on any atom is 0.339 e. The van der Waals surface area contributed by atoms with Crippen LogP contribution in [0.3, 0.4) is 0 Å². The van der Waals surface area contributed by atoms with Crippen molar-refractivity contribution in [1.29, 1.82) is 5.26 Å². The van der Waals surface area contributed by atoms with Crippen molar-refractivity contribution in [3.05, 3.63) is 34.9 Å². The Hall–Kier alpha value is -1.82. The number of nitriles is 1.